The lowest BCUT2D eigenvalue weighted by Gasteiger charge is -2.23. The Labute approximate surface area is 175 Å². The van der Waals surface area contributed by atoms with Crippen LogP contribution in [0.25, 0.3) is 0 Å². The number of pyridine rings is 1. The lowest BCUT2D eigenvalue weighted by atomic mass is 10.1. The average Bonchev–Trinajstić information content (AvgIpc) is 2.88. The summed E-state index contributed by atoms with van der Waals surface area (Å²) in [6.45, 7) is 5.19. The molecule has 8 nitrogen and oxygen atoms in total. The standard InChI is InChI=1S/C19H20BrFN4O4/c1-19(2,3)29-18(26)24-16-12-5-4-11(8-10(12)9-13(16)21)22-17-14(25(27)28)6-7-15(20)23-17/h4-8,13,16H,9H2,1-3H3,(H,22,23)(H,24,26). The quantitative estimate of drug-likeness (QED) is 0.374. The van der Waals surface area contributed by atoms with E-state index in [1.165, 1.54) is 12.1 Å². The van der Waals surface area contributed by atoms with E-state index >= 15 is 0 Å². The lowest BCUT2D eigenvalue weighted by Crippen LogP contribution is -2.37. The molecular weight excluding hydrogens is 447 g/mol. The maximum atomic E-state index is 14.6. The van der Waals surface area contributed by atoms with Crippen LogP contribution in [0.4, 0.5) is 26.4 Å². The summed E-state index contributed by atoms with van der Waals surface area (Å²) in [5.41, 5.74) is 1.01. The number of carbonyl (C=O) groups is 1. The molecule has 2 N–H and O–H groups in total. The number of halogens is 2. The van der Waals surface area contributed by atoms with Crippen molar-refractivity contribution >= 4 is 39.2 Å². The number of nitrogens with one attached hydrogen (secondary N) is 2. The summed E-state index contributed by atoms with van der Waals surface area (Å²) < 4.78 is 20.2. The minimum atomic E-state index is -1.30. The van der Waals surface area contributed by atoms with Crippen LogP contribution in [-0.2, 0) is 11.2 Å². The Morgan fingerprint density at radius 1 is 1.34 bits per heavy atom. The first-order chi connectivity index (χ1) is 13.5. The van der Waals surface area contributed by atoms with Gasteiger partial charge in [-0.1, -0.05) is 6.07 Å². The molecule has 0 saturated heterocycles. The van der Waals surface area contributed by atoms with Gasteiger partial charge in [0.05, 0.1) is 11.0 Å². The summed E-state index contributed by atoms with van der Waals surface area (Å²) in [6.07, 6.45) is -1.88. The molecule has 10 heteroatoms. The minimum Gasteiger partial charge on any atom is -0.444 e. The molecule has 2 atom stereocenters. The first kappa shape index (κ1) is 21.0. The van der Waals surface area contributed by atoms with Crippen molar-refractivity contribution in [1.82, 2.24) is 10.3 Å². The number of amides is 1. The highest BCUT2D eigenvalue weighted by molar-refractivity contribution is 9.10. The summed E-state index contributed by atoms with van der Waals surface area (Å²) in [5.74, 6) is 0.0718. The fraction of sp³-hybridized carbons (Fsp3) is 0.368. The van der Waals surface area contributed by atoms with E-state index < -0.39 is 28.8 Å². The van der Waals surface area contributed by atoms with Crippen LogP contribution in [0.3, 0.4) is 0 Å². The topological polar surface area (TPSA) is 106 Å². The number of alkyl carbamates (subject to hydrolysis) is 1. The van der Waals surface area contributed by atoms with E-state index in [9.17, 15) is 19.3 Å². The predicted molar refractivity (Wildman–Crippen MR) is 109 cm³/mol. The Bertz CT molecular complexity index is 964. The Hall–Kier alpha value is -2.75. The Morgan fingerprint density at radius 2 is 2.07 bits per heavy atom. The van der Waals surface area contributed by atoms with E-state index in [1.807, 2.05) is 0 Å². The molecule has 1 aliphatic rings. The highest BCUT2D eigenvalue weighted by atomic mass is 79.9. The molecule has 1 aliphatic carbocycles. The van der Waals surface area contributed by atoms with Crippen molar-refractivity contribution in [3.05, 3.63) is 56.2 Å². The molecule has 1 aromatic heterocycles. The zero-order valence-electron chi connectivity index (χ0n) is 16.0. The van der Waals surface area contributed by atoms with Crippen LogP contribution in [-0.4, -0.2) is 27.8 Å². The zero-order valence-corrected chi connectivity index (χ0v) is 17.6. The van der Waals surface area contributed by atoms with Gasteiger partial charge in [-0.2, -0.15) is 0 Å². The van der Waals surface area contributed by atoms with Crippen molar-refractivity contribution in [2.75, 3.05) is 5.32 Å². The molecule has 0 radical (unpaired) electrons. The number of aromatic nitrogens is 1. The van der Waals surface area contributed by atoms with Gasteiger partial charge in [0.2, 0.25) is 5.82 Å². The van der Waals surface area contributed by atoms with Crippen LogP contribution in [0.1, 0.15) is 37.9 Å². The van der Waals surface area contributed by atoms with Crippen molar-refractivity contribution in [1.29, 1.82) is 0 Å². The van der Waals surface area contributed by atoms with Crippen molar-refractivity contribution in [2.45, 2.75) is 45.0 Å². The second-order valence-electron chi connectivity index (χ2n) is 7.64. The molecule has 3 rings (SSSR count). The van der Waals surface area contributed by atoms with E-state index in [0.29, 0.717) is 21.4 Å². The van der Waals surface area contributed by atoms with Gasteiger partial charge in [0.25, 0.3) is 0 Å². The molecule has 154 valence electrons. The molecule has 0 bridgehead atoms. The van der Waals surface area contributed by atoms with Gasteiger partial charge in [-0.25, -0.2) is 14.2 Å². The first-order valence-corrected chi connectivity index (χ1v) is 9.67. The summed E-state index contributed by atoms with van der Waals surface area (Å²) >= 11 is 3.19. The molecule has 0 fully saturated rings. The van der Waals surface area contributed by atoms with Crippen LogP contribution >= 0.6 is 15.9 Å². The number of nitrogens with zero attached hydrogens (tertiary/aromatic N) is 2. The summed E-state index contributed by atoms with van der Waals surface area (Å²) in [5, 5.41) is 16.7. The molecule has 0 spiro atoms. The SMILES string of the molecule is CC(C)(C)OC(=O)NC1c2ccc(Nc3nc(Br)ccc3[N+](=O)[O-])cc2CC1F. The van der Waals surface area contributed by atoms with Gasteiger partial charge >= 0.3 is 11.8 Å². The van der Waals surface area contributed by atoms with Gasteiger partial charge < -0.3 is 15.4 Å². The van der Waals surface area contributed by atoms with Crippen molar-refractivity contribution in [3.8, 4) is 0 Å². The van der Waals surface area contributed by atoms with Gasteiger partial charge in [0.15, 0.2) is 0 Å². The largest absolute Gasteiger partial charge is 0.444 e. The minimum absolute atomic E-state index is 0.0718. The molecule has 0 aliphatic heterocycles. The maximum Gasteiger partial charge on any atom is 0.408 e. The van der Waals surface area contributed by atoms with Crippen LogP contribution in [0.2, 0.25) is 0 Å². The second-order valence-corrected chi connectivity index (χ2v) is 8.45. The number of ether oxygens (including phenoxy) is 1. The van der Waals surface area contributed by atoms with Crippen LogP contribution in [0, 0.1) is 10.1 Å². The van der Waals surface area contributed by atoms with E-state index in [2.05, 4.69) is 31.5 Å². The summed E-state index contributed by atoms with van der Waals surface area (Å²) in [7, 11) is 0. The Kier molecular flexibility index (Phi) is 5.74. The predicted octanol–water partition coefficient (Wildman–Crippen LogP) is 4.96. The first-order valence-electron chi connectivity index (χ1n) is 8.88. The molecule has 2 aromatic rings. The molecule has 1 aromatic carbocycles. The fourth-order valence-electron chi connectivity index (χ4n) is 3.09. The van der Waals surface area contributed by atoms with Gasteiger partial charge in [-0.05, 0) is 66.0 Å². The molecule has 29 heavy (non-hydrogen) atoms. The number of carbonyl (C=O) groups excluding carboxylic acids is 1. The number of hydrogen-bond acceptors (Lipinski definition) is 6. The maximum absolute atomic E-state index is 14.6. The molecular formula is C19H20BrFN4O4. The van der Waals surface area contributed by atoms with Gasteiger partial charge in [0, 0.05) is 18.2 Å². The number of fused-ring (bicyclic) bond motifs is 1. The highest BCUT2D eigenvalue weighted by Crippen LogP contribution is 2.36. The number of anilines is 2. The van der Waals surface area contributed by atoms with Gasteiger partial charge in [0.1, 0.15) is 16.4 Å². The van der Waals surface area contributed by atoms with Crippen LogP contribution in [0.15, 0.2) is 34.9 Å². The Morgan fingerprint density at radius 3 is 2.72 bits per heavy atom. The zero-order chi connectivity index (χ0) is 21.3. The van der Waals surface area contributed by atoms with E-state index in [0.717, 1.165) is 0 Å². The number of benzene rings is 1. The fourth-order valence-corrected chi connectivity index (χ4v) is 3.40. The van der Waals surface area contributed by atoms with Crippen molar-refractivity contribution in [2.24, 2.45) is 0 Å². The van der Waals surface area contributed by atoms with E-state index in [4.69, 9.17) is 4.74 Å². The number of nitro groups is 1. The molecule has 1 heterocycles. The third kappa shape index (κ3) is 5.00. The monoisotopic (exact) mass is 466 g/mol. The van der Waals surface area contributed by atoms with Crippen LogP contribution in [0.5, 0.6) is 0 Å². The number of alkyl halides is 1. The summed E-state index contributed by atoms with van der Waals surface area (Å²) in [4.78, 5) is 26.8. The molecule has 1 amide bonds. The van der Waals surface area contributed by atoms with Gasteiger partial charge in [-0.3, -0.25) is 10.1 Å². The lowest BCUT2D eigenvalue weighted by molar-refractivity contribution is -0.384. The highest BCUT2D eigenvalue weighted by Gasteiger charge is 2.35. The third-order valence-corrected chi connectivity index (χ3v) is 4.67. The van der Waals surface area contributed by atoms with Gasteiger partial charge in [-0.15, -0.1) is 0 Å². The number of hydrogen-bond donors (Lipinski definition) is 2. The molecule has 2 unspecified atom stereocenters. The number of rotatable bonds is 4. The molecule has 0 saturated carbocycles. The normalized spacial score (nSPS) is 18.1. The summed E-state index contributed by atoms with van der Waals surface area (Å²) in [6, 6.07) is 7.05. The van der Waals surface area contributed by atoms with Crippen molar-refractivity contribution in [3.63, 3.8) is 0 Å². The van der Waals surface area contributed by atoms with E-state index in [1.54, 1.807) is 39.0 Å². The second kappa shape index (κ2) is 7.94. The average molecular weight is 467 g/mol. The van der Waals surface area contributed by atoms with Crippen molar-refractivity contribution < 1.29 is 18.8 Å². The van der Waals surface area contributed by atoms with E-state index in [-0.39, 0.29) is 17.9 Å². The van der Waals surface area contributed by atoms with Crippen LogP contribution < -0.4 is 10.6 Å². The smallest absolute Gasteiger partial charge is 0.408 e. The third-order valence-electron chi connectivity index (χ3n) is 4.23. The Balaban J connectivity index is 1.81.